The predicted molar refractivity (Wildman–Crippen MR) is 84.8 cm³/mol. The Labute approximate surface area is 125 Å². The second-order valence-corrected chi connectivity index (χ2v) is 4.65. The summed E-state index contributed by atoms with van der Waals surface area (Å²) >= 11 is 0. The van der Waals surface area contributed by atoms with Gasteiger partial charge in [0.05, 0.1) is 17.9 Å². The molecule has 2 aromatic rings. The lowest BCUT2D eigenvalue weighted by atomic mass is 10.1. The van der Waals surface area contributed by atoms with Crippen molar-refractivity contribution in [2.45, 2.75) is 6.92 Å². The normalized spacial score (nSPS) is 10.2. The number of para-hydroxylation sites is 2. The van der Waals surface area contributed by atoms with E-state index in [-0.39, 0.29) is 12.5 Å². The van der Waals surface area contributed by atoms with Crippen LogP contribution in [0.5, 0.6) is 0 Å². The van der Waals surface area contributed by atoms with Crippen molar-refractivity contribution < 1.29 is 9.90 Å². The minimum absolute atomic E-state index is 0.0339. The second kappa shape index (κ2) is 7.45. The second-order valence-electron chi connectivity index (χ2n) is 4.65. The summed E-state index contributed by atoms with van der Waals surface area (Å²) in [5.41, 5.74) is 2.31. The Kier molecular flexibility index (Phi) is 5.35. The van der Waals surface area contributed by atoms with Crippen LogP contribution in [0.3, 0.4) is 0 Å². The third kappa shape index (κ3) is 3.83. The Balaban J connectivity index is 2.26. The molecule has 0 spiro atoms. The van der Waals surface area contributed by atoms with E-state index in [1.807, 2.05) is 55.5 Å². The molecule has 0 aliphatic heterocycles. The van der Waals surface area contributed by atoms with E-state index in [0.29, 0.717) is 18.7 Å². The molecule has 21 heavy (non-hydrogen) atoms. The summed E-state index contributed by atoms with van der Waals surface area (Å²) in [6.07, 6.45) is 0. The zero-order valence-electron chi connectivity index (χ0n) is 12.1. The molecule has 0 unspecified atom stereocenters. The molecule has 0 bridgehead atoms. The number of likely N-dealkylation sites (N-methyl/N-ethyl adjacent to an activating group) is 1. The summed E-state index contributed by atoms with van der Waals surface area (Å²) in [6, 6.07) is 17.1. The quantitative estimate of drug-likeness (QED) is 0.857. The van der Waals surface area contributed by atoms with Gasteiger partial charge in [-0.1, -0.05) is 30.3 Å². The van der Waals surface area contributed by atoms with Gasteiger partial charge in [-0.15, -0.1) is 0 Å². The van der Waals surface area contributed by atoms with Gasteiger partial charge in [-0.05, 0) is 31.2 Å². The van der Waals surface area contributed by atoms with Crippen molar-refractivity contribution in [2.24, 2.45) is 0 Å². The molecule has 0 aromatic heterocycles. The van der Waals surface area contributed by atoms with Gasteiger partial charge < -0.3 is 15.3 Å². The lowest BCUT2D eigenvalue weighted by molar-refractivity contribution is 0.0733. The highest BCUT2D eigenvalue weighted by Crippen LogP contribution is 2.22. The summed E-state index contributed by atoms with van der Waals surface area (Å²) in [4.78, 5) is 14.2. The van der Waals surface area contributed by atoms with E-state index in [1.165, 1.54) is 0 Å². The monoisotopic (exact) mass is 284 g/mol. The van der Waals surface area contributed by atoms with Crippen molar-refractivity contribution in [3.8, 4) is 0 Å². The number of hydrogen-bond acceptors (Lipinski definition) is 3. The molecule has 4 nitrogen and oxygen atoms in total. The highest BCUT2D eigenvalue weighted by molar-refractivity contribution is 6.00. The maximum atomic E-state index is 12.6. The maximum Gasteiger partial charge on any atom is 0.256 e. The van der Waals surface area contributed by atoms with Gasteiger partial charge in [0.1, 0.15) is 0 Å². The van der Waals surface area contributed by atoms with Crippen LogP contribution in [0.2, 0.25) is 0 Å². The SMILES string of the molecule is CCN(CCO)C(=O)c1ccccc1Nc1ccccc1. The van der Waals surface area contributed by atoms with E-state index in [0.717, 1.165) is 11.4 Å². The fraction of sp³-hybridized carbons (Fsp3) is 0.235. The van der Waals surface area contributed by atoms with Crippen LogP contribution in [-0.2, 0) is 0 Å². The molecule has 0 saturated carbocycles. The molecular formula is C17H20N2O2. The van der Waals surface area contributed by atoms with E-state index >= 15 is 0 Å². The number of carbonyl (C=O) groups excluding carboxylic acids is 1. The van der Waals surface area contributed by atoms with Crippen LogP contribution in [0.1, 0.15) is 17.3 Å². The van der Waals surface area contributed by atoms with E-state index < -0.39 is 0 Å². The van der Waals surface area contributed by atoms with Gasteiger partial charge in [-0.2, -0.15) is 0 Å². The molecule has 1 amide bonds. The first-order chi connectivity index (χ1) is 10.3. The number of anilines is 2. The van der Waals surface area contributed by atoms with Crippen molar-refractivity contribution >= 4 is 17.3 Å². The number of nitrogens with one attached hydrogen (secondary N) is 1. The minimum atomic E-state index is -0.0782. The molecule has 2 N–H and O–H groups in total. The number of nitrogens with zero attached hydrogens (tertiary/aromatic N) is 1. The Morgan fingerprint density at radius 3 is 2.43 bits per heavy atom. The Bertz CT molecular complexity index is 584. The van der Waals surface area contributed by atoms with E-state index in [2.05, 4.69) is 5.32 Å². The van der Waals surface area contributed by atoms with Gasteiger partial charge in [0.2, 0.25) is 0 Å². The topological polar surface area (TPSA) is 52.6 Å². The number of amides is 1. The third-order valence-corrected chi connectivity index (χ3v) is 3.25. The van der Waals surface area contributed by atoms with Crippen LogP contribution in [0, 0.1) is 0 Å². The molecule has 0 saturated heterocycles. The number of aliphatic hydroxyl groups is 1. The van der Waals surface area contributed by atoms with Crippen molar-refractivity contribution in [1.82, 2.24) is 4.90 Å². The van der Waals surface area contributed by atoms with Crippen LogP contribution in [0.25, 0.3) is 0 Å². The number of aliphatic hydroxyl groups excluding tert-OH is 1. The lowest BCUT2D eigenvalue weighted by Gasteiger charge is -2.21. The number of benzene rings is 2. The summed E-state index contributed by atoms with van der Waals surface area (Å²) < 4.78 is 0. The first kappa shape index (κ1) is 15.1. The van der Waals surface area contributed by atoms with E-state index in [9.17, 15) is 4.79 Å². The zero-order valence-corrected chi connectivity index (χ0v) is 12.1. The molecule has 2 aromatic carbocycles. The van der Waals surface area contributed by atoms with Gasteiger partial charge in [0, 0.05) is 18.8 Å². The highest BCUT2D eigenvalue weighted by Gasteiger charge is 2.16. The summed E-state index contributed by atoms with van der Waals surface area (Å²) in [5, 5.41) is 12.3. The van der Waals surface area contributed by atoms with Crippen molar-refractivity contribution in [1.29, 1.82) is 0 Å². The molecular weight excluding hydrogens is 264 g/mol. The first-order valence-electron chi connectivity index (χ1n) is 7.07. The maximum absolute atomic E-state index is 12.6. The average Bonchev–Trinajstić information content (AvgIpc) is 2.53. The number of hydrogen-bond donors (Lipinski definition) is 2. The largest absolute Gasteiger partial charge is 0.395 e. The molecule has 0 radical (unpaired) electrons. The minimum Gasteiger partial charge on any atom is -0.395 e. The van der Waals surface area contributed by atoms with Crippen molar-refractivity contribution in [3.63, 3.8) is 0 Å². The van der Waals surface area contributed by atoms with E-state index in [1.54, 1.807) is 11.0 Å². The molecule has 0 aliphatic carbocycles. The fourth-order valence-corrected chi connectivity index (χ4v) is 2.15. The van der Waals surface area contributed by atoms with Crippen LogP contribution >= 0.6 is 0 Å². The highest BCUT2D eigenvalue weighted by atomic mass is 16.3. The van der Waals surface area contributed by atoms with Crippen molar-refractivity contribution in [3.05, 3.63) is 60.2 Å². The summed E-state index contributed by atoms with van der Waals surface area (Å²) in [6.45, 7) is 2.78. The standard InChI is InChI=1S/C17H20N2O2/c1-2-19(12-13-20)17(21)15-10-6-7-11-16(15)18-14-8-4-3-5-9-14/h3-11,18,20H,2,12-13H2,1H3. The van der Waals surface area contributed by atoms with Gasteiger partial charge in [0.25, 0.3) is 5.91 Å². The van der Waals surface area contributed by atoms with E-state index in [4.69, 9.17) is 5.11 Å². The van der Waals surface area contributed by atoms with Gasteiger partial charge >= 0.3 is 0 Å². The number of rotatable bonds is 6. The van der Waals surface area contributed by atoms with Gasteiger partial charge in [0.15, 0.2) is 0 Å². The third-order valence-electron chi connectivity index (χ3n) is 3.25. The van der Waals surface area contributed by atoms with Crippen LogP contribution in [-0.4, -0.2) is 35.6 Å². The van der Waals surface area contributed by atoms with Gasteiger partial charge in [-0.3, -0.25) is 4.79 Å². The van der Waals surface area contributed by atoms with Crippen molar-refractivity contribution in [2.75, 3.05) is 25.0 Å². The average molecular weight is 284 g/mol. The summed E-state index contributed by atoms with van der Waals surface area (Å²) in [7, 11) is 0. The molecule has 0 heterocycles. The first-order valence-corrected chi connectivity index (χ1v) is 7.07. The van der Waals surface area contributed by atoms with Crippen LogP contribution in [0.15, 0.2) is 54.6 Å². The number of carbonyl (C=O) groups is 1. The molecule has 0 atom stereocenters. The molecule has 0 fully saturated rings. The smallest absolute Gasteiger partial charge is 0.256 e. The molecule has 4 heteroatoms. The van der Waals surface area contributed by atoms with Crippen LogP contribution < -0.4 is 5.32 Å². The molecule has 0 aliphatic rings. The van der Waals surface area contributed by atoms with Gasteiger partial charge in [-0.25, -0.2) is 0 Å². The summed E-state index contributed by atoms with van der Waals surface area (Å²) in [5.74, 6) is -0.0782. The zero-order chi connectivity index (χ0) is 15.1. The Morgan fingerprint density at radius 1 is 1.10 bits per heavy atom. The molecule has 2 rings (SSSR count). The fourth-order valence-electron chi connectivity index (χ4n) is 2.15. The van der Waals surface area contributed by atoms with Crippen LogP contribution in [0.4, 0.5) is 11.4 Å². The lowest BCUT2D eigenvalue weighted by Crippen LogP contribution is -2.33. The Morgan fingerprint density at radius 2 is 1.76 bits per heavy atom. The molecule has 110 valence electrons. The Hall–Kier alpha value is -2.33. The predicted octanol–water partition coefficient (Wildman–Crippen LogP) is 2.88.